The minimum Gasteiger partial charge on any atom is -0.488 e. The molecular formula is C16H16FN3O. The molecule has 0 aliphatic heterocycles. The largest absolute Gasteiger partial charge is 0.488 e. The number of hydrogen-bond acceptors (Lipinski definition) is 3. The van der Waals surface area contributed by atoms with E-state index in [4.69, 9.17) is 10.5 Å². The summed E-state index contributed by atoms with van der Waals surface area (Å²) in [6, 6.07) is 10.6. The summed E-state index contributed by atoms with van der Waals surface area (Å²) in [5.41, 5.74) is 8.72. The molecule has 2 N–H and O–H groups in total. The van der Waals surface area contributed by atoms with Crippen LogP contribution in [-0.2, 0) is 0 Å². The Hall–Kier alpha value is -2.56. The third kappa shape index (κ3) is 2.42. The van der Waals surface area contributed by atoms with Crippen LogP contribution in [0.2, 0.25) is 0 Å². The maximum absolute atomic E-state index is 13.9. The standard InChI is InChI=1S/C16H16FN3O/c1-10(2)21-16-8-15(12(18)7-11(16)17)20-9-19-13-5-3-4-6-14(13)20/h3-10H,18H2,1-2H3. The summed E-state index contributed by atoms with van der Waals surface area (Å²) in [7, 11) is 0. The Kier molecular flexibility index (Phi) is 3.25. The molecule has 0 bridgehead atoms. The van der Waals surface area contributed by atoms with Crippen molar-refractivity contribution >= 4 is 16.7 Å². The van der Waals surface area contributed by atoms with E-state index in [1.807, 2.05) is 42.7 Å². The summed E-state index contributed by atoms with van der Waals surface area (Å²) in [4.78, 5) is 4.32. The number of ether oxygens (including phenoxy) is 1. The van der Waals surface area contributed by atoms with E-state index in [0.717, 1.165) is 11.0 Å². The Morgan fingerprint density at radius 2 is 2.00 bits per heavy atom. The molecule has 0 amide bonds. The Balaban J connectivity index is 2.17. The maximum atomic E-state index is 13.9. The van der Waals surface area contributed by atoms with Gasteiger partial charge in [-0.3, -0.25) is 4.57 Å². The van der Waals surface area contributed by atoms with Crippen LogP contribution in [0.5, 0.6) is 5.75 Å². The molecule has 0 saturated carbocycles. The average Bonchev–Trinajstić information content (AvgIpc) is 2.85. The Morgan fingerprint density at radius 3 is 2.76 bits per heavy atom. The lowest BCUT2D eigenvalue weighted by atomic mass is 10.2. The number of fused-ring (bicyclic) bond motifs is 1. The molecule has 0 atom stereocenters. The van der Waals surface area contributed by atoms with E-state index >= 15 is 0 Å². The third-order valence-corrected chi connectivity index (χ3v) is 3.16. The number of halogens is 1. The molecule has 0 unspecified atom stereocenters. The van der Waals surface area contributed by atoms with Crippen molar-refractivity contribution in [2.24, 2.45) is 0 Å². The van der Waals surface area contributed by atoms with E-state index in [9.17, 15) is 4.39 Å². The summed E-state index contributed by atoms with van der Waals surface area (Å²) in [5, 5.41) is 0. The van der Waals surface area contributed by atoms with Crippen LogP contribution in [0, 0.1) is 5.82 Å². The van der Waals surface area contributed by atoms with Crippen molar-refractivity contribution in [3.63, 3.8) is 0 Å². The van der Waals surface area contributed by atoms with E-state index in [1.165, 1.54) is 6.07 Å². The molecule has 0 radical (unpaired) electrons. The van der Waals surface area contributed by atoms with Gasteiger partial charge in [-0.1, -0.05) is 12.1 Å². The average molecular weight is 285 g/mol. The highest BCUT2D eigenvalue weighted by atomic mass is 19.1. The van der Waals surface area contributed by atoms with Crippen LogP contribution >= 0.6 is 0 Å². The number of para-hydroxylation sites is 2. The first-order valence-electron chi connectivity index (χ1n) is 6.74. The van der Waals surface area contributed by atoms with Crippen molar-refractivity contribution in [1.82, 2.24) is 9.55 Å². The topological polar surface area (TPSA) is 53.1 Å². The quantitative estimate of drug-likeness (QED) is 0.749. The van der Waals surface area contributed by atoms with Crippen molar-refractivity contribution in [3.8, 4) is 11.4 Å². The third-order valence-electron chi connectivity index (χ3n) is 3.16. The van der Waals surface area contributed by atoms with E-state index in [2.05, 4.69) is 4.98 Å². The summed E-state index contributed by atoms with van der Waals surface area (Å²) >= 11 is 0. The lowest BCUT2D eigenvalue weighted by Gasteiger charge is -2.14. The fraction of sp³-hybridized carbons (Fsp3) is 0.188. The van der Waals surface area contributed by atoms with Crippen LogP contribution in [0.1, 0.15) is 13.8 Å². The molecule has 1 aromatic heterocycles. The SMILES string of the molecule is CC(C)Oc1cc(-n2cnc3ccccc32)c(N)cc1F. The van der Waals surface area contributed by atoms with Gasteiger partial charge >= 0.3 is 0 Å². The highest BCUT2D eigenvalue weighted by Crippen LogP contribution is 2.29. The fourth-order valence-electron chi connectivity index (χ4n) is 2.26. The molecule has 0 aliphatic carbocycles. The lowest BCUT2D eigenvalue weighted by Crippen LogP contribution is -2.09. The molecule has 0 saturated heterocycles. The highest BCUT2D eigenvalue weighted by molar-refractivity contribution is 5.79. The monoisotopic (exact) mass is 285 g/mol. The Morgan fingerprint density at radius 1 is 1.24 bits per heavy atom. The molecule has 0 fully saturated rings. The predicted octanol–water partition coefficient (Wildman–Crippen LogP) is 3.53. The number of aromatic nitrogens is 2. The van der Waals surface area contributed by atoms with Crippen LogP contribution in [-0.4, -0.2) is 15.7 Å². The normalized spacial score (nSPS) is 11.2. The highest BCUT2D eigenvalue weighted by Gasteiger charge is 2.13. The van der Waals surface area contributed by atoms with Gasteiger partial charge in [0, 0.05) is 12.1 Å². The molecule has 0 aliphatic rings. The van der Waals surface area contributed by atoms with E-state index < -0.39 is 5.82 Å². The molecule has 108 valence electrons. The second kappa shape index (κ2) is 5.09. The first-order chi connectivity index (χ1) is 10.1. The summed E-state index contributed by atoms with van der Waals surface area (Å²) in [5.74, 6) is -0.277. The summed E-state index contributed by atoms with van der Waals surface area (Å²) in [6.07, 6.45) is 1.56. The number of benzene rings is 2. The van der Waals surface area contributed by atoms with Gasteiger partial charge in [-0.25, -0.2) is 9.37 Å². The number of nitrogen functional groups attached to an aromatic ring is 1. The van der Waals surface area contributed by atoms with Crippen LogP contribution in [0.3, 0.4) is 0 Å². The van der Waals surface area contributed by atoms with Gasteiger partial charge in [0.1, 0.15) is 6.33 Å². The number of nitrogens with zero attached hydrogens (tertiary/aromatic N) is 2. The van der Waals surface area contributed by atoms with Gasteiger partial charge in [-0.05, 0) is 26.0 Å². The lowest BCUT2D eigenvalue weighted by molar-refractivity contribution is 0.231. The smallest absolute Gasteiger partial charge is 0.167 e. The van der Waals surface area contributed by atoms with E-state index in [1.54, 1.807) is 12.4 Å². The number of imidazole rings is 1. The van der Waals surface area contributed by atoms with Crippen LogP contribution < -0.4 is 10.5 Å². The molecule has 1 heterocycles. The Labute approximate surface area is 122 Å². The molecular weight excluding hydrogens is 269 g/mol. The van der Waals surface area contributed by atoms with Gasteiger partial charge in [0.15, 0.2) is 11.6 Å². The maximum Gasteiger partial charge on any atom is 0.167 e. The van der Waals surface area contributed by atoms with Gasteiger partial charge in [0.25, 0.3) is 0 Å². The summed E-state index contributed by atoms with van der Waals surface area (Å²) in [6.45, 7) is 3.70. The number of rotatable bonds is 3. The molecule has 3 rings (SSSR count). The molecule has 3 aromatic rings. The molecule has 4 nitrogen and oxygen atoms in total. The van der Waals surface area contributed by atoms with Gasteiger partial charge in [0.05, 0.1) is 28.5 Å². The van der Waals surface area contributed by atoms with Crippen LogP contribution in [0.25, 0.3) is 16.7 Å². The number of anilines is 1. The zero-order chi connectivity index (χ0) is 15.0. The number of nitrogens with two attached hydrogens (primary N) is 1. The minimum absolute atomic E-state index is 0.115. The first kappa shape index (κ1) is 13.4. The zero-order valence-electron chi connectivity index (χ0n) is 11.9. The first-order valence-corrected chi connectivity index (χ1v) is 6.74. The second-order valence-corrected chi connectivity index (χ2v) is 5.11. The zero-order valence-corrected chi connectivity index (χ0v) is 11.9. The molecule has 0 spiro atoms. The minimum atomic E-state index is -0.464. The molecule has 5 heteroatoms. The van der Waals surface area contributed by atoms with Crippen LogP contribution in [0.15, 0.2) is 42.7 Å². The van der Waals surface area contributed by atoms with E-state index in [0.29, 0.717) is 11.4 Å². The second-order valence-electron chi connectivity index (χ2n) is 5.11. The molecule has 2 aromatic carbocycles. The molecule has 21 heavy (non-hydrogen) atoms. The van der Waals surface area contributed by atoms with Crippen molar-refractivity contribution < 1.29 is 9.13 Å². The van der Waals surface area contributed by atoms with Crippen molar-refractivity contribution in [1.29, 1.82) is 0 Å². The van der Waals surface area contributed by atoms with Crippen molar-refractivity contribution in [3.05, 3.63) is 48.5 Å². The van der Waals surface area contributed by atoms with Crippen LogP contribution in [0.4, 0.5) is 10.1 Å². The van der Waals surface area contributed by atoms with Gasteiger partial charge in [0.2, 0.25) is 0 Å². The van der Waals surface area contributed by atoms with E-state index in [-0.39, 0.29) is 11.9 Å². The van der Waals surface area contributed by atoms with Crippen molar-refractivity contribution in [2.45, 2.75) is 20.0 Å². The van der Waals surface area contributed by atoms with Crippen molar-refractivity contribution in [2.75, 3.05) is 5.73 Å². The van der Waals surface area contributed by atoms with Gasteiger partial charge < -0.3 is 10.5 Å². The summed E-state index contributed by atoms with van der Waals surface area (Å²) < 4.78 is 21.2. The predicted molar refractivity (Wildman–Crippen MR) is 81.2 cm³/mol. The fourth-order valence-corrected chi connectivity index (χ4v) is 2.26. The Bertz CT molecular complexity index is 795. The van der Waals surface area contributed by atoms with Gasteiger partial charge in [-0.2, -0.15) is 0 Å². The number of hydrogen-bond donors (Lipinski definition) is 1. The van der Waals surface area contributed by atoms with Gasteiger partial charge in [-0.15, -0.1) is 0 Å².